The lowest BCUT2D eigenvalue weighted by atomic mass is 10.1. The number of aromatic carboxylic acids is 1. The molecule has 0 heterocycles. The van der Waals surface area contributed by atoms with Gasteiger partial charge in [0.1, 0.15) is 0 Å². The van der Waals surface area contributed by atoms with Crippen LogP contribution in [0.4, 0.5) is 0 Å². The van der Waals surface area contributed by atoms with Crippen molar-refractivity contribution >= 4 is 16.0 Å². The Balaban J connectivity index is 3.27. The number of carboxylic acids is 1. The third-order valence-electron chi connectivity index (χ3n) is 3.12. The second-order valence-corrected chi connectivity index (χ2v) is 6.51. The third kappa shape index (κ3) is 3.15. The number of nitriles is 1. The van der Waals surface area contributed by atoms with Crippen molar-refractivity contribution in [1.82, 2.24) is 4.31 Å². The van der Waals surface area contributed by atoms with Crippen molar-refractivity contribution in [2.45, 2.75) is 31.2 Å². The molecule has 0 fully saturated rings. The van der Waals surface area contributed by atoms with Gasteiger partial charge in [-0.15, -0.1) is 0 Å². The van der Waals surface area contributed by atoms with Crippen LogP contribution in [-0.2, 0) is 10.0 Å². The van der Waals surface area contributed by atoms with Crippen molar-refractivity contribution in [3.05, 3.63) is 29.3 Å². The number of benzene rings is 1. The summed E-state index contributed by atoms with van der Waals surface area (Å²) in [7, 11) is -2.44. The molecular weight excluding hydrogens is 280 g/mol. The minimum atomic E-state index is -3.81. The molecule has 0 aliphatic heterocycles. The molecule has 0 radical (unpaired) electrons. The molecule has 0 spiro atoms. The molecule has 0 aromatic heterocycles. The van der Waals surface area contributed by atoms with Crippen LogP contribution in [0.3, 0.4) is 0 Å². The zero-order valence-corrected chi connectivity index (χ0v) is 12.3. The van der Waals surface area contributed by atoms with Crippen molar-refractivity contribution in [2.75, 3.05) is 7.05 Å². The molecule has 0 saturated carbocycles. The molecule has 108 valence electrons. The normalized spacial score (nSPS) is 12.9. The second-order valence-electron chi connectivity index (χ2n) is 4.51. The quantitative estimate of drug-likeness (QED) is 0.890. The van der Waals surface area contributed by atoms with Crippen molar-refractivity contribution in [2.24, 2.45) is 0 Å². The predicted molar refractivity (Wildman–Crippen MR) is 72.8 cm³/mol. The molecular formula is C13H16N2O4S. The van der Waals surface area contributed by atoms with Crippen molar-refractivity contribution < 1.29 is 18.3 Å². The molecule has 0 amide bonds. The number of aryl methyl sites for hydroxylation is 1. The predicted octanol–water partition coefficient (Wildman–Crippen LogP) is 1.62. The van der Waals surface area contributed by atoms with Crippen molar-refractivity contribution in [3.8, 4) is 6.07 Å². The summed E-state index contributed by atoms with van der Waals surface area (Å²) >= 11 is 0. The fourth-order valence-corrected chi connectivity index (χ4v) is 3.04. The van der Waals surface area contributed by atoms with Gasteiger partial charge < -0.3 is 5.11 Å². The van der Waals surface area contributed by atoms with Gasteiger partial charge in [0.25, 0.3) is 0 Å². The fraction of sp³-hybridized carbons (Fsp3) is 0.385. The van der Waals surface area contributed by atoms with E-state index in [1.807, 2.05) is 6.07 Å². The molecule has 1 N–H and O–H groups in total. The van der Waals surface area contributed by atoms with Gasteiger partial charge in [-0.3, -0.25) is 0 Å². The highest BCUT2D eigenvalue weighted by Crippen LogP contribution is 2.21. The summed E-state index contributed by atoms with van der Waals surface area (Å²) < 4.78 is 25.8. The van der Waals surface area contributed by atoms with E-state index in [2.05, 4.69) is 0 Å². The Morgan fingerprint density at radius 3 is 2.60 bits per heavy atom. The number of carbonyl (C=O) groups is 1. The molecule has 0 bridgehead atoms. The monoisotopic (exact) mass is 296 g/mol. The summed E-state index contributed by atoms with van der Waals surface area (Å²) in [5, 5.41) is 17.7. The van der Waals surface area contributed by atoms with E-state index in [0.29, 0.717) is 5.56 Å². The first-order valence-electron chi connectivity index (χ1n) is 5.90. The van der Waals surface area contributed by atoms with Gasteiger partial charge in [-0.05, 0) is 31.5 Å². The summed E-state index contributed by atoms with van der Waals surface area (Å²) in [6.45, 7) is 3.22. The zero-order valence-electron chi connectivity index (χ0n) is 11.5. The number of rotatable bonds is 5. The number of carboxylic acid groups (broad SMARTS) is 1. The number of hydrogen-bond acceptors (Lipinski definition) is 4. The third-order valence-corrected chi connectivity index (χ3v) is 5.09. The van der Waals surface area contributed by atoms with E-state index >= 15 is 0 Å². The van der Waals surface area contributed by atoms with Gasteiger partial charge in [-0.25, -0.2) is 13.2 Å². The largest absolute Gasteiger partial charge is 0.478 e. The summed E-state index contributed by atoms with van der Waals surface area (Å²) in [4.78, 5) is 11.0. The number of sulfonamides is 1. The summed E-state index contributed by atoms with van der Waals surface area (Å²) in [6, 6.07) is 5.39. The first kappa shape index (κ1) is 16.1. The maximum absolute atomic E-state index is 12.4. The molecule has 1 aromatic carbocycles. The van der Waals surface area contributed by atoms with Crippen LogP contribution in [-0.4, -0.2) is 36.9 Å². The van der Waals surface area contributed by atoms with Crippen LogP contribution in [0.2, 0.25) is 0 Å². The minimum absolute atomic E-state index is 0.0487. The molecule has 6 nitrogen and oxygen atoms in total. The molecule has 0 saturated heterocycles. The highest BCUT2D eigenvalue weighted by Gasteiger charge is 2.26. The van der Waals surface area contributed by atoms with Crippen LogP contribution < -0.4 is 0 Å². The first-order chi connectivity index (χ1) is 9.21. The molecule has 0 aliphatic carbocycles. The molecule has 1 aromatic rings. The molecule has 1 atom stereocenters. The lowest BCUT2D eigenvalue weighted by Crippen LogP contribution is -2.35. The highest BCUT2D eigenvalue weighted by atomic mass is 32.2. The van der Waals surface area contributed by atoms with E-state index in [-0.39, 0.29) is 16.9 Å². The molecule has 1 unspecified atom stereocenters. The van der Waals surface area contributed by atoms with Gasteiger partial charge in [-0.1, -0.05) is 6.07 Å². The lowest BCUT2D eigenvalue weighted by molar-refractivity contribution is 0.0696. The van der Waals surface area contributed by atoms with Crippen LogP contribution in [0.25, 0.3) is 0 Å². The van der Waals surface area contributed by atoms with Crippen LogP contribution >= 0.6 is 0 Å². The topological polar surface area (TPSA) is 98.5 Å². The van der Waals surface area contributed by atoms with Gasteiger partial charge in [0.05, 0.1) is 22.9 Å². The number of nitrogens with zero attached hydrogens (tertiary/aromatic N) is 2. The Labute approximate surface area is 118 Å². The average Bonchev–Trinajstić information content (AvgIpc) is 2.37. The van der Waals surface area contributed by atoms with Gasteiger partial charge in [0, 0.05) is 13.1 Å². The molecule has 0 aliphatic rings. The first-order valence-corrected chi connectivity index (χ1v) is 7.34. The van der Waals surface area contributed by atoms with Gasteiger partial charge in [0.15, 0.2) is 0 Å². The Kier molecular flexibility index (Phi) is 4.87. The van der Waals surface area contributed by atoms with E-state index in [9.17, 15) is 13.2 Å². The van der Waals surface area contributed by atoms with E-state index in [4.69, 9.17) is 10.4 Å². The van der Waals surface area contributed by atoms with Gasteiger partial charge >= 0.3 is 5.97 Å². The standard InChI is InChI=1S/C13H16N2O4S/c1-9-4-5-11(8-12(9)13(16)17)20(18,19)15(3)10(2)6-7-14/h4-5,8,10H,6H2,1-3H3,(H,16,17). The Bertz CT molecular complexity index is 661. The molecule has 1 rings (SSSR count). The lowest BCUT2D eigenvalue weighted by Gasteiger charge is -2.22. The minimum Gasteiger partial charge on any atom is -0.478 e. The fourth-order valence-electron chi connectivity index (χ4n) is 1.66. The molecule has 20 heavy (non-hydrogen) atoms. The van der Waals surface area contributed by atoms with Crippen LogP contribution in [0.15, 0.2) is 23.1 Å². The summed E-state index contributed by atoms with van der Waals surface area (Å²) in [5.41, 5.74) is 0.441. The van der Waals surface area contributed by atoms with Crippen LogP contribution in [0.1, 0.15) is 29.3 Å². The van der Waals surface area contributed by atoms with E-state index in [1.54, 1.807) is 13.8 Å². The smallest absolute Gasteiger partial charge is 0.335 e. The van der Waals surface area contributed by atoms with Gasteiger partial charge in [-0.2, -0.15) is 9.57 Å². The second kappa shape index (κ2) is 6.03. The van der Waals surface area contributed by atoms with Crippen molar-refractivity contribution in [1.29, 1.82) is 5.26 Å². The van der Waals surface area contributed by atoms with Crippen LogP contribution in [0.5, 0.6) is 0 Å². The highest BCUT2D eigenvalue weighted by molar-refractivity contribution is 7.89. The molecule has 7 heteroatoms. The van der Waals surface area contributed by atoms with E-state index in [0.717, 1.165) is 10.4 Å². The SMILES string of the molecule is Cc1ccc(S(=O)(=O)N(C)C(C)CC#N)cc1C(=O)O. The summed E-state index contributed by atoms with van der Waals surface area (Å²) in [6.07, 6.45) is 0.0629. The Morgan fingerprint density at radius 2 is 2.10 bits per heavy atom. The zero-order chi connectivity index (χ0) is 15.5. The Hall–Kier alpha value is -1.91. The van der Waals surface area contributed by atoms with E-state index in [1.165, 1.54) is 19.2 Å². The van der Waals surface area contributed by atoms with Crippen LogP contribution in [0, 0.1) is 18.3 Å². The van der Waals surface area contributed by atoms with Crippen molar-refractivity contribution in [3.63, 3.8) is 0 Å². The van der Waals surface area contributed by atoms with E-state index < -0.39 is 22.0 Å². The van der Waals surface area contributed by atoms with Gasteiger partial charge in [0.2, 0.25) is 10.0 Å². The maximum Gasteiger partial charge on any atom is 0.335 e. The summed E-state index contributed by atoms with van der Waals surface area (Å²) in [5.74, 6) is -1.17. The maximum atomic E-state index is 12.4. The Morgan fingerprint density at radius 1 is 1.50 bits per heavy atom. The number of hydrogen-bond donors (Lipinski definition) is 1. The average molecular weight is 296 g/mol.